The number of alkyl carbamates (subject to hydrolysis) is 2. The van der Waals surface area contributed by atoms with Crippen LogP contribution in [0, 0.1) is 11.6 Å². The fourth-order valence-electron chi connectivity index (χ4n) is 3.66. The summed E-state index contributed by atoms with van der Waals surface area (Å²) in [5.74, 6) is -1.70. The molecule has 29 heavy (non-hydrogen) atoms. The lowest BCUT2D eigenvalue weighted by Crippen LogP contribution is -2.34. The lowest BCUT2D eigenvalue weighted by Gasteiger charge is -2.22. The molecule has 3 fully saturated rings. The molecule has 3 heterocycles. The van der Waals surface area contributed by atoms with Crippen LogP contribution >= 0.6 is 0 Å². The number of hydrogen-bond acceptors (Lipinski definition) is 7. The lowest BCUT2D eigenvalue weighted by molar-refractivity contribution is 0.132. The largest absolute Gasteiger partial charge is 0.453 e. The standard InChI is InChI=1S/C17H18F2N4O6/c1-27-15(24)20-4-9-5-23(17(26)28-9)8-2-10(18)14(11(19)3-8)22-6-12-13(7-22)29-16(25)21-12/h2-3,9,12-13H,4-7H2,1H3,(H,20,24)(H,21,25)/t9-,12-,13+/m0/s1. The number of nitrogens with one attached hydrogen (secondary N) is 2. The molecule has 0 saturated carbocycles. The summed E-state index contributed by atoms with van der Waals surface area (Å²) in [6.07, 6.45) is -3.17. The number of amides is 3. The predicted octanol–water partition coefficient (Wildman–Crippen LogP) is 0.943. The van der Waals surface area contributed by atoms with Gasteiger partial charge in [0.2, 0.25) is 0 Å². The molecule has 0 bridgehead atoms. The molecule has 3 aliphatic heterocycles. The van der Waals surface area contributed by atoms with Crippen LogP contribution in [0.2, 0.25) is 0 Å². The minimum absolute atomic E-state index is 0.000234. The Morgan fingerprint density at radius 1 is 1.24 bits per heavy atom. The van der Waals surface area contributed by atoms with Crippen LogP contribution in [-0.2, 0) is 14.2 Å². The highest BCUT2D eigenvalue weighted by atomic mass is 19.1. The van der Waals surface area contributed by atoms with E-state index in [1.807, 2.05) is 0 Å². The van der Waals surface area contributed by atoms with Crippen molar-refractivity contribution >= 4 is 29.7 Å². The van der Waals surface area contributed by atoms with E-state index < -0.39 is 42.1 Å². The Morgan fingerprint density at radius 2 is 1.97 bits per heavy atom. The molecule has 2 N–H and O–H groups in total. The van der Waals surface area contributed by atoms with Crippen LogP contribution in [0.5, 0.6) is 0 Å². The normalized spacial score (nSPS) is 25.4. The van der Waals surface area contributed by atoms with Gasteiger partial charge in [0, 0.05) is 18.7 Å². The average Bonchev–Trinajstić information content (AvgIpc) is 3.31. The van der Waals surface area contributed by atoms with E-state index in [1.54, 1.807) is 0 Å². The van der Waals surface area contributed by atoms with Gasteiger partial charge in [0.1, 0.15) is 17.9 Å². The maximum atomic E-state index is 14.7. The van der Waals surface area contributed by atoms with Crippen molar-refractivity contribution in [1.82, 2.24) is 10.6 Å². The summed E-state index contributed by atoms with van der Waals surface area (Å²) < 4.78 is 44.0. The van der Waals surface area contributed by atoms with Crippen molar-refractivity contribution in [3.63, 3.8) is 0 Å². The average molecular weight is 412 g/mol. The highest BCUT2D eigenvalue weighted by molar-refractivity contribution is 5.90. The zero-order valence-electron chi connectivity index (χ0n) is 15.3. The van der Waals surface area contributed by atoms with Crippen molar-refractivity contribution in [2.75, 3.05) is 43.1 Å². The highest BCUT2D eigenvalue weighted by Crippen LogP contribution is 2.34. The summed E-state index contributed by atoms with van der Waals surface area (Å²) in [6.45, 7) is 0.370. The second-order valence-electron chi connectivity index (χ2n) is 6.85. The molecule has 4 rings (SSSR count). The first-order valence-corrected chi connectivity index (χ1v) is 8.87. The number of cyclic esters (lactones) is 1. The van der Waals surface area contributed by atoms with E-state index in [9.17, 15) is 23.2 Å². The lowest BCUT2D eigenvalue weighted by atomic mass is 10.2. The van der Waals surface area contributed by atoms with Crippen LogP contribution in [0.3, 0.4) is 0 Å². The zero-order chi connectivity index (χ0) is 20.7. The van der Waals surface area contributed by atoms with Gasteiger partial charge in [-0.05, 0) is 0 Å². The molecule has 10 nitrogen and oxygen atoms in total. The van der Waals surface area contributed by atoms with E-state index >= 15 is 0 Å². The molecule has 0 unspecified atom stereocenters. The Labute approximate surface area is 163 Å². The number of rotatable bonds is 4. The summed E-state index contributed by atoms with van der Waals surface area (Å²) in [4.78, 5) is 36.9. The smallest absolute Gasteiger partial charge is 0.414 e. The number of hydrogen-bond donors (Lipinski definition) is 2. The van der Waals surface area contributed by atoms with Gasteiger partial charge in [-0.25, -0.2) is 23.2 Å². The SMILES string of the molecule is COC(=O)NC[C@H]1CN(c2cc(F)c(N3C[C@@H]4NC(=O)O[C@@H]4C3)c(F)c2)C(=O)O1. The Bertz CT molecular complexity index is 829. The molecule has 12 heteroatoms. The number of halogens is 2. The maximum absolute atomic E-state index is 14.7. The summed E-state index contributed by atoms with van der Waals surface area (Å²) in [5, 5.41) is 4.99. The van der Waals surface area contributed by atoms with Crippen LogP contribution in [0.25, 0.3) is 0 Å². The first-order valence-electron chi connectivity index (χ1n) is 8.87. The molecule has 3 atom stereocenters. The van der Waals surface area contributed by atoms with Gasteiger partial charge in [0.05, 0.1) is 38.5 Å². The van der Waals surface area contributed by atoms with Gasteiger partial charge in [-0.3, -0.25) is 4.90 Å². The molecule has 156 valence electrons. The van der Waals surface area contributed by atoms with Crippen LogP contribution in [0.1, 0.15) is 0 Å². The topological polar surface area (TPSA) is 109 Å². The van der Waals surface area contributed by atoms with E-state index in [2.05, 4.69) is 15.4 Å². The number of anilines is 2. The third-order valence-electron chi connectivity index (χ3n) is 4.99. The van der Waals surface area contributed by atoms with E-state index in [0.717, 1.165) is 17.0 Å². The van der Waals surface area contributed by atoms with E-state index in [1.165, 1.54) is 12.0 Å². The molecular formula is C17H18F2N4O6. The summed E-state index contributed by atoms with van der Waals surface area (Å²) in [6, 6.07) is 1.75. The molecule has 3 aliphatic rings. The fraction of sp³-hybridized carbons (Fsp3) is 0.471. The van der Waals surface area contributed by atoms with Gasteiger partial charge in [-0.2, -0.15) is 0 Å². The van der Waals surface area contributed by atoms with Gasteiger partial charge >= 0.3 is 18.3 Å². The molecule has 1 aromatic carbocycles. The Kier molecular flexibility index (Phi) is 4.76. The van der Waals surface area contributed by atoms with Crippen molar-refractivity contribution in [2.24, 2.45) is 0 Å². The molecule has 0 aromatic heterocycles. The number of carbonyl (C=O) groups is 3. The first-order chi connectivity index (χ1) is 13.9. The van der Waals surface area contributed by atoms with Gasteiger partial charge in [0.25, 0.3) is 0 Å². The summed E-state index contributed by atoms with van der Waals surface area (Å²) in [7, 11) is 1.20. The number of fused-ring (bicyclic) bond motifs is 1. The van der Waals surface area contributed by atoms with Crippen LogP contribution in [0.4, 0.5) is 34.5 Å². The summed E-state index contributed by atoms with van der Waals surface area (Å²) in [5.41, 5.74) is -0.254. The van der Waals surface area contributed by atoms with Crippen LogP contribution in [0.15, 0.2) is 12.1 Å². The molecule has 3 amide bonds. The number of methoxy groups -OCH3 is 1. The maximum Gasteiger partial charge on any atom is 0.414 e. The van der Waals surface area contributed by atoms with Crippen molar-refractivity contribution in [1.29, 1.82) is 0 Å². The second-order valence-corrected chi connectivity index (χ2v) is 6.85. The zero-order valence-corrected chi connectivity index (χ0v) is 15.3. The molecule has 0 spiro atoms. The number of ether oxygens (including phenoxy) is 3. The van der Waals surface area contributed by atoms with Crippen LogP contribution < -0.4 is 20.4 Å². The number of carbonyl (C=O) groups excluding carboxylic acids is 3. The first kappa shape index (κ1) is 19.0. The van der Waals surface area contributed by atoms with Gasteiger partial charge in [-0.15, -0.1) is 0 Å². The number of benzene rings is 1. The molecule has 0 radical (unpaired) electrons. The second kappa shape index (κ2) is 7.26. The van der Waals surface area contributed by atoms with Gasteiger partial charge in [0.15, 0.2) is 11.6 Å². The minimum atomic E-state index is -0.852. The van der Waals surface area contributed by atoms with E-state index in [0.29, 0.717) is 0 Å². The van der Waals surface area contributed by atoms with Crippen molar-refractivity contribution in [3.8, 4) is 0 Å². The Hall–Kier alpha value is -3.31. The predicted molar refractivity (Wildman–Crippen MR) is 93.8 cm³/mol. The molecule has 3 saturated heterocycles. The highest BCUT2D eigenvalue weighted by Gasteiger charge is 2.43. The molecule has 1 aromatic rings. The monoisotopic (exact) mass is 412 g/mol. The van der Waals surface area contributed by atoms with E-state index in [-0.39, 0.29) is 43.6 Å². The summed E-state index contributed by atoms with van der Waals surface area (Å²) >= 11 is 0. The Balaban J connectivity index is 1.47. The van der Waals surface area contributed by atoms with Crippen molar-refractivity contribution < 1.29 is 37.4 Å². The van der Waals surface area contributed by atoms with Gasteiger partial charge in [-0.1, -0.05) is 0 Å². The van der Waals surface area contributed by atoms with Crippen molar-refractivity contribution in [3.05, 3.63) is 23.8 Å². The third kappa shape index (κ3) is 3.57. The quantitative estimate of drug-likeness (QED) is 0.709. The Morgan fingerprint density at radius 3 is 2.62 bits per heavy atom. The van der Waals surface area contributed by atoms with Crippen LogP contribution in [-0.4, -0.2) is 69.8 Å². The minimum Gasteiger partial charge on any atom is -0.453 e. The molecule has 0 aliphatic carbocycles. The van der Waals surface area contributed by atoms with E-state index in [4.69, 9.17) is 9.47 Å². The number of nitrogens with zero attached hydrogens (tertiary/aromatic N) is 2. The fourth-order valence-corrected chi connectivity index (χ4v) is 3.66. The molecular weight excluding hydrogens is 394 g/mol. The van der Waals surface area contributed by atoms with Gasteiger partial charge < -0.3 is 29.7 Å². The third-order valence-corrected chi connectivity index (χ3v) is 4.99. The van der Waals surface area contributed by atoms with Crippen molar-refractivity contribution in [2.45, 2.75) is 18.2 Å².